The molecule has 0 spiro atoms. The zero-order valence-electron chi connectivity index (χ0n) is 13.6. The summed E-state index contributed by atoms with van der Waals surface area (Å²) in [6.07, 6.45) is 5.33. The second kappa shape index (κ2) is 6.36. The fourth-order valence-electron chi connectivity index (χ4n) is 3.50. The van der Waals surface area contributed by atoms with E-state index in [1.165, 1.54) is 50.9 Å². The molecule has 1 N–H and O–H groups in total. The molecule has 2 fully saturated rings. The largest absolute Gasteiger partial charge is 0.481 e. The number of nitrogens with zero attached hydrogens (tertiary/aromatic N) is 3. The predicted molar refractivity (Wildman–Crippen MR) is 83.5 cm³/mol. The van der Waals surface area contributed by atoms with E-state index in [9.17, 15) is 0 Å². The monoisotopic (exact) mass is 292 g/mol. The molecule has 1 aromatic heterocycles. The van der Waals surface area contributed by atoms with Gasteiger partial charge in [-0.3, -0.25) is 4.90 Å². The van der Waals surface area contributed by atoms with Crippen LogP contribution in [0.3, 0.4) is 0 Å². The van der Waals surface area contributed by atoms with Gasteiger partial charge in [0.2, 0.25) is 5.88 Å². The number of piperidine rings is 1. The molecule has 0 atom stereocenters. The average Bonchev–Trinajstić information content (AvgIpc) is 3.27. The number of hydrogen-bond donors (Lipinski definition) is 1. The van der Waals surface area contributed by atoms with Crippen molar-refractivity contribution in [3.8, 4) is 5.88 Å². The van der Waals surface area contributed by atoms with Gasteiger partial charge < -0.3 is 10.1 Å². The van der Waals surface area contributed by atoms with E-state index < -0.39 is 0 Å². The molecule has 5 heteroatoms. The molecule has 0 radical (unpaired) electrons. The van der Waals surface area contributed by atoms with Crippen LogP contribution in [-0.4, -0.2) is 47.5 Å². The van der Waals surface area contributed by atoms with Crippen molar-refractivity contribution in [1.29, 1.82) is 0 Å². The maximum atomic E-state index is 5.55. The first-order chi connectivity index (χ1) is 10.2. The minimum Gasteiger partial charge on any atom is -0.481 e. The molecule has 1 aromatic rings. The van der Waals surface area contributed by atoms with E-state index in [1.54, 1.807) is 7.11 Å². The van der Waals surface area contributed by atoms with Gasteiger partial charge in [-0.25, -0.2) is 4.68 Å². The molecule has 0 amide bonds. The Morgan fingerprint density at radius 3 is 2.62 bits per heavy atom. The molecule has 1 aliphatic heterocycles. The Hall–Kier alpha value is -1.07. The zero-order valence-corrected chi connectivity index (χ0v) is 13.6. The lowest BCUT2D eigenvalue weighted by molar-refractivity contribution is 0.188. The lowest BCUT2D eigenvalue weighted by atomic mass is 9.97. The summed E-state index contributed by atoms with van der Waals surface area (Å²) >= 11 is 0. The maximum absolute atomic E-state index is 5.55. The summed E-state index contributed by atoms with van der Waals surface area (Å²) in [6, 6.07) is 0.782. The van der Waals surface area contributed by atoms with Crippen LogP contribution in [0, 0.1) is 12.8 Å². The Morgan fingerprint density at radius 1 is 1.29 bits per heavy atom. The predicted octanol–water partition coefficient (Wildman–Crippen LogP) is 1.70. The highest BCUT2D eigenvalue weighted by Gasteiger charge is 2.32. The highest BCUT2D eigenvalue weighted by atomic mass is 16.5. The topological polar surface area (TPSA) is 42.3 Å². The number of rotatable bonds is 6. The third kappa shape index (κ3) is 3.40. The molecule has 3 rings (SSSR count). The van der Waals surface area contributed by atoms with Crippen LogP contribution in [0.2, 0.25) is 0 Å². The summed E-state index contributed by atoms with van der Waals surface area (Å²) in [7, 11) is 3.71. The lowest BCUT2D eigenvalue weighted by Crippen LogP contribution is -2.37. The Bertz CT molecular complexity index is 475. The fourth-order valence-corrected chi connectivity index (χ4v) is 3.50. The van der Waals surface area contributed by atoms with Crippen LogP contribution in [0.1, 0.15) is 36.9 Å². The normalized spacial score (nSPS) is 20.2. The number of methoxy groups -OCH3 is 1. The Balaban J connectivity index is 1.70. The molecule has 2 heterocycles. The Labute approximate surface area is 127 Å². The Morgan fingerprint density at radius 2 is 2.00 bits per heavy atom. The molecule has 118 valence electrons. The van der Waals surface area contributed by atoms with Crippen LogP contribution in [0.15, 0.2) is 0 Å². The van der Waals surface area contributed by atoms with Crippen LogP contribution in [-0.2, 0) is 13.6 Å². The van der Waals surface area contributed by atoms with Gasteiger partial charge in [0.1, 0.15) is 0 Å². The van der Waals surface area contributed by atoms with Gasteiger partial charge in [-0.2, -0.15) is 5.10 Å². The summed E-state index contributed by atoms with van der Waals surface area (Å²) in [5.41, 5.74) is 2.37. The van der Waals surface area contributed by atoms with Gasteiger partial charge in [-0.05, 0) is 51.6 Å². The van der Waals surface area contributed by atoms with E-state index in [0.717, 1.165) is 30.1 Å². The van der Waals surface area contributed by atoms with Crippen molar-refractivity contribution < 1.29 is 4.74 Å². The molecule has 0 bridgehead atoms. The molecule has 21 heavy (non-hydrogen) atoms. The fraction of sp³-hybridized carbons (Fsp3) is 0.812. The minimum absolute atomic E-state index is 0.782. The van der Waals surface area contributed by atoms with Crippen LogP contribution in [0.25, 0.3) is 0 Å². The Kier molecular flexibility index (Phi) is 4.50. The molecular weight excluding hydrogens is 264 g/mol. The van der Waals surface area contributed by atoms with E-state index in [-0.39, 0.29) is 0 Å². The lowest BCUT2D eigenvalue weighted by Gasteiger charge is -2.30. The van der Waals surface area contributed by atoms with Crippen molar-refractivity contribution >= 4 is 0 Å². The molecule has 5 nitrogen and oxygen atoms in total. The van der Waals surface area contributed by atoms with Crippen molar-refractivity contribution in [1.82, 2.24) is 20.0 Å². The van der Waals surface area contributed by atoms with Gasteiger partial charge in [-0.15, -0.1) is 0 Å². The van der Waals surface area contributed by atoms with E-state index in [2.05, 4.69) is 22.2 Å². The first kappa shape index (κ1) is 14.9. The van der Waals surface area contributed by atoms with E-state index >= 15 is 0 Å². The third-order valence-electron chi connectivity index (χ3n) is 4.86. The van der Waals surface area contributed by atoms with Crippen molar-refractivity contribution in [3.05, 3.63) is 11.3 Å². The number of hydrogen-bond acceptors (Lipinski definition) is 4. The first-order valence-electron chi connectivity index (χ1n) is 8.20. The molecular formula is C16H28N4O. The summed E-state index contributed by atoms with van der Waals surface area (Å²) in [6.45, 7) is 6.66. The number of nitrogens with one attached hydrogen (secondary N) is 1. The van der Waals surface area contributed by atoms with Gasteiger partial charge >= 0.3 is 0 Å². The van der Waals surface area contributed by atoms with E-state index in [4.69, 9.17) is 4.74 Å². The smallest absolute Gasteiger partial charge is 0.216 e. The minimum atomic E-state index is 0.782. The number of aromatic nitrogens is 2. The standard InChI is InChI=1S/C16H28N4O/c1-12-15(16(21-3)19(2)18-12)11-20(14-4-5-14)10-13-6-8-17-9-7-13/h13-14,17H,4-11H2,1-3H3. The van der Waals surface area contributed by atoms with Crippen molar-refractivity contribution in [2.45, 2.75) is 45.2 Å². The van der Waals surface area contributed by atoms with Crippen LogP contribution >= 0.6 is 0 Å². The van der Waals surface area contributed by atoms with Crippen molar-refractivity contribution in [2.24, 2.45) is 13.0 Å². The summed E-state index contributed by atoms with van der Waals surface area (Å²) < 4.78 is 7.41. The van der Waals surface area contributed by atoms with Gasteiger partial charge in [0.25, 0.3) is 0 Å². The highest BCUT2D eigenvalue weighted by molar-refractivity contribution is 5.31. The van der Waals surface area contributed by atoms with Crippen molar-refractivity contribution in [2.75, 3.05) is 26.7 Å². The van der Waals surface area contributed by atoms with Crippen molar-refractivity contribution in [3.63, 3.8) is 0 Å². The summed E-state index contributed by atoms with van der Waals surface area (Å²) in [5, 5.41) is 7.98. The molecule has 1 saturated heterocycles. The zero-order chi connectivity index (χ0) is 14.8. The third-order valence-corrected chi connectivity index (χ3v) is 4.86. The quantitative estimate of drug-likeness (QED) is 0.866. The van der Waals surface area contributed by atoms with E-state index in [1.807, 2.05) is 11.7 Å². The second-order valence-corrected chi connectivity index (χ2v) is 6.55. The molecule has 1 saturated carbocycles. The SMILES string of the molecule is COc1c(CN(CC2CCNCC2)C2CC2)c(C)nn1C. The first-order valence-corrected chi connectivity index (χ1v) is 8.20. The van der Waals surface area contributed by atoms with Gasteiger partial charge in [0.15, 0.2) is 0 Å². The molecule has 0 aromatic carbocycles. The van der Waals surface area contributed by atoms with Gasteiger partial charge in [0, 0.05) is 26.2 Å². The van der Waals surface area contributed by atoms with Crippen LogP contribution in [0.5, 0.6) is 5.88 Å². The molecule has 1 aliphatic carbocycles. The molecule has 0 unspecified atom stereocenters. The number of ether oxygens (including phenoxy) is 1. The van der Waals surface area contributed by atoms with Gasteiger partial charge in [-0.1, -0.05) is 0 Å². The average molecular weight is 292 g/mol. The van der Waals surface area contributed by atoms with Gasteiger partial charge in [0.05, 0.1) is 18.4 Å². The van der Waals surface area contributed by atoms with E-state index in [0.29, 0.717) is 0 Å². The summed E-state index contributed by atoms with van der Waals surface area (Å²) in [5.74, 6) is 1.76. The second-order valence-electron chi connectivity index (χ2n) is 6.55. The maximum Gasteiger partial charge on any atom is 0.216 e. The molecule has 2 aliphatic rings. The number of aryl methyl sites for hydroxylation is 2. The highest BCUT2D eigenvalue weighted by Crippen LogP contribution is 2.32. The van der Waals surface area contributed by atoms with Crippen LogP contribution < -0.4 is 10.1 Å². The summed E-state index contributed by atoms with van der Waals surface area (Å²) in [4.78, 5) is 2.67. The van der Waals surface area contributed by atoms with Crippen LogP contribution in [0.4, 0.5) is 0 Å².